The van der Waals surface area contributed by atoms with Gasteiger partial charge in [-0.15, -0.1) is 23.2 Å². The third-order valence-electron chi connectivity index (χ3n) is 5.42. The van der Waals surface area contributed by atoms with E-state index in [-0.39, 0.29) is 28.5 Å². The van der Waals surface area contributed by atoms with E-state index in [1.165, 1.54) is 24.4 Å². The third kappa shape index (κ3) is 5.17. The maximum Gasteiger partial charge on any atom is 0.231 e. The Morgan fingerprint density at radius 1 is 1.03 bits per heavy atom. The number of ketones is 1. The SMILES string of the molecule is N#Cc1ccc(CC(=O)c2cc(NC(=O)C3C(c4cc(Cl)cc(Cl)c4)C3(Cl)Cl)ccc2Cl)cn1. The number of nitrogens with zero attached hydrogens (tertiary/aromatic N) is 2. The van der Waals surface area contributed by atoms with Crippen LogP contribution in [0.15, 0.2) is 54.7 Å². The van der Waals surface area contributed by atoms with Crippen LogP contribution in [0.25, 0.3) is 0 Å². The first-order valence-corrected chi connectivity index (χ1v) is 11.8. The van der Waals surface area contributed by atoms with E-state index in [2.05, 4.69) is 10.3 Å². The van der Waals surface area contributed by atoms with Crippen LogP contribution in [0, 0.1) is 17.2 Å². The molecule has 1 aliphatic carbocycles. The number of amides is 1. The molecule has 1 fully saturated rings. The van der Waals surface area contributed by atoms with Gasteiger partial charge in [-0.1, -0.05) is 40.9 Å². The lowest BCUT2D eigenvalue weighted by Gasteiger charge is -2.09. The summed E-state index contributed by atoms with van der Waals surface area (Å²) in [5.41, 5.74) is 2.15. The monoisotopic (exact) mass is 551 g/mol. The molecule has 3 aromatic rings. The summed E-state index contributed by atoms with van der Waals surface area (Å²) in [5.74, 6) is -1.92. The number of carbonyl (C=O) groups is 2. The first-order chi connectivity index (χ1) is 16.1. The molecule has 1 aromatic heterocycles. The van der Waals surface area contributed by atoms with Crippen molar-refractivity contribution in [1.29, 1.82) is 5.26 Å². The molecule has 1 amide bonds. The van der Waals surface area contributed by atoms with E-state index in [9.17, 15) is 9.59 Å². The van der Waals surface area contributed by atoms with Crippen molar-refractivity contribution in [2.24, 2.45) is 5.92 Å². The fourth-order valence-electron chi connectivity index (χ4n) is 3.73. The van der Waals surface area contributed by atoms with Crippen molar-refractivity contribution in [3.63, 3.8) is 0 Å². The molecule has 10 heteroatoms. The minimum Gasteiger partial charge on any atom is -0.326 e. The number of anilines is 1. The fourth-order valence-corrected chi connectivity index (χ4v) is 5.33. The number of aromatic nitrogens is 1. The van der Waals surface area contributed by atoms with Crippen LogP contribution in [0.1, 0.15) is 33.1 Å². The second kappa shape index (κ2) is 9.73. The molecule has 1 saturated carbocycles. The number of carbonyl (C=O) groups excluding carboxylic acids is 2. The van der Waals surface area contributed by atoms with Gasteiger partial charge in [-0.2, -0.15) is 5.26 Å². The Bertz CT molecular complexity index is 1320. The molecule has 0 radical (unpaired) electrons. The quantitative estimate of drug-likeness (QED) is 0.267. The summed E-state index contributed by atoms with van der Waals surface area (Å²) in [4.78, 5) is 29.7. The molecule has 0 aliphatic heterocycles. The number of Topliss-reactive ketones (excluding diaryl/α,β-unsaturated/α-hetero) is 1. The first kappa shape index (κ1) is 24.8. The Kier molecular flexibility index (Phi) is 7.09. The van der Waals surface area contributed by atoms with Gasteiger partial charge in [-0.3, -0.25) is 9.59 Å². The smallest absolute Gasteiger partial charge is 0.231 e. The summed E-state index contributed by atoms with van der Waals surface area (Å²) >= 11 is 31.2. The lowest BCUT2D eigenvalue weighted by molar-refractivity contribution is -0.117. The fraction of sp³-hybridized carbons (Fsp3) is 0.167. The van der Waals surface area contributed by atoms with E-state index in [0.717, 1.165) is 0 Å². The van der Waals surface area contributed by atoms with Gasteiger partial charge in [0.25, 0.3) is 0 Å². The van der Waals surface area contributed by atoms with Crippen LogP contribution >= 0.6 is 58.0 Å². The molecular formula is C24H14Cl5N3O2. The zero-order chi connectivity index (χ0) is 24.6. The summed E-state index contributed by atoms with van der Waals surface area (Å²) in [6, 6.07) is 14.6. The van der Waals surface area contributed by atoms with Crippen LogP contribution in [0.4, 0.5) is 5.69 Å². The second-order valence-corrected chi connectivity index (χ2v) is 10.5. The normalized spacial score (nSPS) is 18.1. The number of pyridine rings is 1. The molecular weight excluding hydrogens is 540 g/mol. The molecule has 1 aliphatic rings. The van der Waals surface area contributed by atoms with Crippen molar-refractivity contribution in [3.8, 4) is 6.07 Å². The topological polar surface area (TPSA) is 82.9 Å². The maximum atomic E-state index is 13.0. The predicted octanol–water partition coefficient (Wildman–Crippen LogP) is 6.86. The molecule has 1 heterocycles. The van der Waals surface area contributed by atoms with Gasteiger partial charge in [0.1, 0.15) is 16.1 Å². The standard InChI is InChI=1S/C24H14Cl5N3O2/c25-14-6-13(7-15(26)8-14)21-22(24(21,28)29)23(34)32-16-3-4-19(27)18(9-16)20(33)5-12-1-2-17(10-30)31-11-12/h1-4,6-9,11,21-22H,5H2,(H,32,34). The van der Waals surface area contributed by atoms with Crippen molar-refractivity contribution in [1.82, 2.24) is 4.98 Å². The zero-order valence-corrected chi connectivity index (χ0v) is 20.9. The van der Waals surface area contributed by atoms with E-state index in [0.29, 0.717) is 26.9 Å². The number of halogens is 5. The first-order valence-electron chi connectivity index (χ1n) is 9.92. The summed E-state index contributed by atoms with van der Waals surface area (Å²) in [6.07, 6.45) is 1.49. The average molecular weight is 554 g/mol. The van der Waals surface area contributed by atoms with Gasteiger partial charge in [-0.05, 0) is 53.6 Å². The molecule has 0 spiro atoms. The van der Waals surface area contributed by atoms with Crippen molar-refractivity contribution < 1.29 is 9.59 Å². The molecule has 1 N–H and O–H groups in total. The summed E-state index contributed by atoms with van der Waals surface area (Å²) < 4.78 is -1.33. The van der Waals surface area contributed by atoms with Gasteiger partial charge >= 0.3 is 0 Å². The molecule has 4 rings (SSSR count). The average Bonchev–Trinajstić information content (AvgIpc) is 3.37. The number of hydrogen-bond donors (Lipinski definition) is 1. The van der Waals surface area contributed by atoms with Crippen LogP contribution in [-0.2, 0) is 11.2 Å². The summed E-state index contributed by atoms with van der Waals surface area (Å²) in [7, 11) is 0. The second-order valence-electron chi connectivity index (χ2n) is 7.78. The van der Waals surface area contributed by atoms with E-state index in [4.69, 9.17) is 63.3 Å². The number of rotatable bonds is 6. The Morgan fingerprint density at radius 2 is 1.74 bits per heavy atom. The Morgan fingerprint density at radius 3 is 2.35 bits per heavy atom. The molecule has 34 heavy (non-hydrogen) atoms. The van der Waals surface area contributed by atoms with Gasteiger partial charge in [0.15, 0.2) is 5.78 Å². The van der Waals surface area contributed by atoms with Gasteiger partial charge in [-0.25, -0.2) is 4.98 Å². The maximum absolute atomic E-state index is 13.0. The number of nitrogens with one attached hydrogen (secondary N) is 1. The van der Waals surface area contributed by atoms with Crippen molar-refractivity contribution in [3.05, 3.63) is 92.2 Å². The Labute approximate surface area is 220 Å². The van der Waals surface area contributed by atoms with Gasteiger partial charge < -0.3 is 5.32 Å². The largest absolute Gasteiger partial charge is 0.326 e. The Balaban J connectivity index is 1.50. The van der Waals surface area contributed by atoms with E-state index >= 15 is 0 Å². The number of hydrogen-bond acceptors (Lipinski definition) is 4. The molecule has 172 valence electrons. The van der Waals surface area contributed by atoms with Gasteiger partial charge in [0.2, 0.25) is 5.91 Å². The Hall–Kier alpha value is -2.33. The minimum absolute atomic E-state index is 0.0303. The minimum atomic E-state index is -1.33. The van der Waals surface area contributed by atoms with Crippen molar-refractivity contribution in [2.45, 2.75) is 16.7 Å². The highest BCUT2D eigenvalue weighted by molar-refractivity contribution is 6.53. The van der Waals surface area contributed by atoms with Crippen molar-refractivity contribution >= 4 is 75.4 Å². The van der Waals surface area contributed by atoms with Gasteiger partial charge in [0, 0.05) is 39.8 Å². The number of nitriles is 1. The van der Waals surface area contributed by atoms with Crippen LogP contribution in [-0.4, -0.2) is 21.0 Å². The van der Waals surface area contributed by atoms with E-state index in [1.54, 1.807) is 30.3 Å². The molecule has 2 atom stereocenters. The van der Waals surface area contributed by atoms with Gasteiger partial charge in [0.05, 0.1) is 10.9 Å². The highest BCUT2D eigenvalue weighted by atomic mass is 35.5. The lowest BCUT2D eigenvalue weighted by atomic mass is 10.0. The number of benzene rings is 2. The third-order valence-corrected chi connectivity index (χ3v) is 7.12. The van der Waals surface area contributed by atoms with E-state index < -0.39 is 22.1 Å². The van der Waals surface area contributed by atoms with Crippen molar-refractivity contribution in [2.75, 3.05) is 5.32 Å². The molecule has 0 saturated heterocycles. The van der Waals surface area contributed by atoms with E-state index in [1.807, 2.05) is 6.07 Å². The number of alkyl halides is 2. The summed E-state index contributed by atoms with van der Waals surface area (Å²) in [5, 5.41) is 12.7. The highest BCUT2D eigenvalue weighted by Gasteiger charge is 2.67. The zero-order valence-electron chi connectivity index (χ0n) is 17.2. The molecule has 2 unspecified atom stereocenters. The van der Waals surface area contributed by atoms with Crippen LogP contribution < -0.4 is 5.32 Å². The predicted molar refractivity (Wildman–Crippen MR) is 134 cm³/mol. The summed E-state index contributed by atoms with van der Waals surface area (Å²) in [6.45, 7) is 0. The lowest BCUT2D eigenvalue weighted by Crippen LogP contribution is -2.17. The van der Waals surface area contributed by atoms with Crippen LogP contribution in [0.3, 0.4) is 0 Å². The van der Waals surface area contributed by atoms with Crippen LogP contribution in [0.5, 0.6) is 0 Å². The van der Waals surface area contributed by atoms with Crippen LogP contribution in [0.2, 0.25) is 15.1 Å². The molecule has 2 aromatic carbocycles. The molecule has 5 nitrogen and oxygen atoms in total. The molecule has 0 bridgehead atoms. The highest BCUT2D eigenvalue weighted by Crippen LogP contribution is 2.65.